The molecule has 0 amide bonds. The number of hydrogen-bond donors (Lipinski definition) is 3. The van der Waals surface area contributed by atoms with Crippen molar-refractivity contribution in [1.82, 2.24) is 0 Å². The molecule has 6 heteroatoms. The van der Waals surface area contributed by atoms with Crippen LogP contribution in [0.2, 0.25) is 0 Å². The van der Waals surface area contributed by atoms with Gasteiger partial charge in [-0.25, -0.2) is 4.79 Å². The third-order valence-corrected chi connectivity index (χ3v) is 4.67. The molecule has 2 aliphatic rings. The normalized spacial score (nSPS) is 17.2. The van der Waals surface area contributed by atoms with Gasteiger partial charge in [0.2, 0.25) is 5.60 Å². The van der Waals surface area contributed by atoms with E-state index >= 15 is 0 Å². The average molecular weight is 423 g/mol. The molecule has 0 radical (unpaired) electrons. The van der Waals surface area contributed by atoms with Gasteiger partial charge in [0.25, 0.3) is 0 Å². The third-order valence-electron chi connectivity index (χ3n) is 4.67. The Hall–Kier alpha value is -1.89. The van der Waals surface area contributed by atoms with Crippen LogP contribution in [0.5, 0.6) is 11.5 Å². The number of para-hydroxylation sites is 2. The van der Waals surface area contributed by atoms with Gasteiger partial charge in [-0.2, -0.15) is 0 Å². The van der Waals surface area contributed by atoms with Crippen molar-refractivity contribution in [2.75, 3.05) is 0 Å². The number of aliphatic hydroxyl groups excluding tert-OH is 1. The molecule has 5 nitrogen and oxygen atoms in total. The minimum Gasteiger partial charge on any atom is -0.479 e. The van der Waals surface area contributed by atoms with E-state index in [4.69, 9.17) is 9.84 Å². The van der Waals surface area contributed by atoms with E-state index in [0.29, 0.717) is 17.4 Å². The average Bonchev–Trinajstić information content (AvgIpc) is 3.47. The van der Waals surface area contributed by atoms with E-state index in [2.05, 4.69) is 0 Å². The number of rotatable bonds is 3. The first-order valence-electron chi connectivity index (χ1n) is 8.49. The fourth-order valence-corrected chi connectivity index (χ4v) is 3.02. The van der Waals surface area contributed by atoms with Crippen LogP contribution in [-0.4, -0.2) is 27.4 Å². The Bertz CT molecular complexity index is 727. The summed E-state index contributed by atoms with van der Waals surface area (Å²) in [7, 11) is 0. The summed E-state index contributed by atoms with van der Waals surface area (Å²) >= 11 is 0. The van der Waals surface area contributed by atoms with E-state index < -0.39 is 11.6 Å². The van der Waals surface area contributed by atoms with E-state index in [1.54, 1.807) is 48.5 Å². The van der Waals surface area contributed by atoms with E-state index in [9.17, 15) is 15.0 Å². The molecule has 1 saturated carbocycles. The van der Waals surface area contributed by atoms with Crippen LogP contribution in [0.15, 0.2) is 48.5 Å². The van der Waals surface area contributed by atoms with Gasteiger partial charge in [0.1, 0.15) is 11.5 Å². The molecule has 1 unspecified atom stereocenters. The summed E-state index contributed by atoms with van der Waals surface area (Å²) in [5.41, 5.74) is -1.57. The number of fused-ring (bicyclic) bond motifs is 2. The zero-order valence-electron chi connectivity index (χ0n) is 14.5. The van der Waals surface area contributed by atoms with Gasteiger partial charge in [0.05, 0.1) is 6.10 Å². The summed E-state index contributed by atoms with van der Waals surface area (Å²) in [6, 6.07) is 13.2. The minimum atomic E-state index is -2.06. The number of carboxylic acid groups (broad SMARTS) is 1. The maximum absolute atomic E-state index is 11.5. The largest absolute Gasteiger partial charge is 0.479 e. The molecule has 0 saturated heterocycles. The monoisotopic (exact) mass is 422 g/mol. The molecule has 0 aromatic heterocycles. The van der Waals surface area contributed by atoms with Crippen LogP contribution in [-0.2, 0) is 10.4 Å². The predicted octanol–water partition coefficient (Wildman–Crippen LogP) is 3.86. The fourth-order valence-electron chi connectivity index (χ4n) is 3.02. The van der Waals surface area contributed by atoms with E-state index in [1.165, 1.54) is 12.8 Å². The van der Waals surface area contributed by atoms with Crippen molar-refractivity contribution < 1.29 is 24.9 Å². The molecule has 2 aromatic rings. The van der Waals surface area contributed by atoms with Crippen LogP contribution in [0.25, 0.3) is 0 Å². The lowest BCUT2D eigenvalue weighted by molar-refractivity contribution is -0.155. The molecule has 4 rings (SSSR count). The topological polar surface area (TPSA) is 87.0 Å². The van der Waals surface area contributed by atoms with Gasteiger partial charge in [0, 0.05) is 11.1 Å². The predicted molar refractivity (Wildman–Crippen MR) is 103 cm³/mol. The molecular formula is C20H23BrO5. The first-order valence-corrected chi connectivity index (χ1v) is 8.49. The van der Waals surface area contributed by atoms with E-state index in [1.807, 2.05) is 6.92 Å². The fraction of sp³-hybridized carbons (Fsp3) is 0.350. The minimum absolute atomic E-state index is 0. The summed E-state index contributed by atoms with van der Waals surface area (Å²) in [5, 5.41) is 29.0. The highest BCUT2D eigenvalue weighted by Crippen LogP contribution is 2.46. The van der Waals surface area contributed by atoms with Gasteiger partial charge in [-0.1, -0.05) is 43.3 Å². The maximum Gasteiger partial charge on any atom is 0.345 e. The Morgan fingerprint density at radius 3 is 1.92 bits per heavy atom. The van der Waals surface area contributed by atoms with Crippen molar-refractivity contribution in [3.8, 4) is 11.5 Å². The molecule has 1 aliphatic carbocycles. The summed E-state index contributed by atoms with van der Waals surface area (Å²) in [4.78, 5) is 11.5. The zero-order chi connectivity index (χ0) is 18.0. The van der Waals surface area contributed by atoms with Crippen LogP contribution in [0, 0.1) is 5.92 Å². The highest BCUT2D eigenvalue weighted by molar-refractivity contribution is 8.93. The number of carbonyl (C=O) groups is 1. The molecule has 0 bridgehead atoms. The van der Waals surface area contributed by atoms with Crippen molar-refractivity contribution in [1.29, 1.82) is 0 Å². The van der Waals surface area contributed by atoms with E-state index in [0.717, 1.165) is 6.42 Å². The molecular weight excluding hydrogens is 400 g/mol. The molecule has 1 atom stereocenters. The number of carboxylic acids is 1. The second kappa shape index (κ2) is 8.20. The molecule has 2 aromatic carbocycles. The van der Waals surface area contributed by atoms with Gasteiger partial charge >= 0.3 is 5.97 Å². The molecule has 3 N–H and O–H groups in total. The molecule has 140 valence electrons. The summed E-state index contributed by atoms with van der Waals surface area (Å²) in [5.74, 6) is 0.0814. The van der Waals surface area contributed by atoms with Gasteiger partial charge < -0.3 is 20.1 Å². The lowest BCUT2D eigenvalue weighted by atomic mass is 9.83. The molecule has 1 heterocycles. The number of benzene rings is 2. The Balaban J connectivity index is 0.000000258. The van der Waals surface area contributed by atoms with E-state index in [-0.39, 0.29) is 34.2 Å². The number of halogens is 1. The van der Waals surface area contributed by atoms with Crippen LogP contribution >= 0.6 is 17.0 Å². The number of ether oxygens (including phenoxy) is 1. The zero-order valence-corrected chi connectivity index (χ0v) is 16.2. The van der Waals surface area contributed by atoms with Crippen molar-refractivity contribution in [2.45, 2.75) is 37.9 Å². The van der Waals surface area contributed by atoms with Crippen molar-refractivity contribution >= 4 is 23.0 Å². The van der Waals surface area contributed by atoms with Crippen LogP contribution < -0.4 is 4.74 Å². The van der Waals surface area contributed by atoms with Crippen molar-refractivity contribution in [3.63, 3.8) is 0 Å². The summed E-state index contributed by atoms with van der Waals surface area (Å²) in [6.07, 6.45) is 3.47. The number of hydrogen-bond acceptors (Lipinski definition) is 4. The second-order valence-corrected chi connectivity index (χ2v) is 6.42. The lowest BCUT2D eigenvalue weighted by Gasteiger charge is -2.32. The van der Waals surface area contributed by atoms with Crippen LogP contribution in [0.3, 0.4) is 0 Å². The SMILES string of the molecule is Br.CCC(O)C1CC1.O=C(O)C1(O)c2ccccc2Oc2ccccc21. The maximum atomic E-state index is 11.5. The Morgan fingerprint density at radius 2 is 1.58 bits per heavy atom. The third kappa shape index (κ3) is 3.77. The first-order chi connectivity index (χ1) is 12.0. The summed E-state index contributed by atoms with van der Waals surface area (Å²) in [6.45, 7) is 2.03. The number of aliphatic hydroxyl groups is 2. The number of aliphatic carboxylic acids is 1. The Kier molecular flexibility index (Phi) is 6.44. The molecule has 0 spiro atoms. The highest BCUT2D eigenvalue weighted by atomic mass is 79.9. The van der Waals surface area contributed by atoms with Gasteiger partial charge in [-0.05, 0) is 37.3 Å². The Morgan fingerprint density at radius 1 is 1.12 bits per heavy atom. The standard InChI is InChI=1S/C14H10O4.C6H12O.BrH/c15-13(16)14(17)9-5-1-3-7-11(9)18-12-8-4-2-6-10(12)14;1-2-6(7)5-3-4-5;/h1-8,17H,(H,15,16);5-7H,2-4H2,1H3;1H. The quantitative estimate of drug-likeness (QED) is 0.698. The van der Waals surface area contributed by atoms with Crippen molar-refractivity contribution in [3.05, 3.63) is 59.7 Å². The lowest BCUT2D eigenvalue weighted by Crippen LogP contribution is -2.39. The van der Waals surface area contributed by atoms with Gasteiger partial charge in [-0.15, -0.1) is 17.0 Å². The van der Waals surface area contributed by atoms with Gasteiger partial charge in [0.15, 0.2) is 0 Å². The van der Waals surface area contributed by atoms with Crippen molar-refractivity contribution in [2.24, 2.45) is 5.92 Å². The second-order valence-electron chi connectivity index (χ2n) is 6.42. The first kappa shape index (κ1) is 20.4. The van der Waals surface area contributed by atoms with Crippen LogP contribution in [0.1, 0.15) is 37.3 Å². The van der Waals surface area contributed by atoms with Gasteiger partial charge in [-0.3, -0.25) is 0 Å². The highest BCUT2D eigenvalue weighted by Gasteiger charge is 2.47. The summed E-state index contributed by atoms with van der Waals surface area (Å²) < 4.78 is 5.60. The smallest absolute Gasteiger partial charge is 0.345 e. The molecule has 1 aliphatic heterocycles. The van der Waals surface area contributed by atoms with Crippen LogP contribution in [0.4, 0.5) is 0 Å². The molecule has 1 fully saturated rings. The Labute approximate surface area is 163 Å². The molecule has 26 heavy (non-hydrogen) atoms.